The number of carboxylic acid groups (broad SMARTS) is 3. The van der Waals surface area contributed by atoms with Crippen molar-refractivity contribution >= 4 is 17.9 Å². The van der Waals surface area contributed by atoms with Gasteiger partial charge in [0.2, 0.25) is 0 Å². The van der Waals surface area contributed by atoms with Crippen molar-refractivity contribution in [3.8, 4) is 0 Å². The van der Waals surface area contributed by atoms with Crippen molar-refractivity contribution in [2.24, 2.45) is 0 Å². The molecule has 6 nitrogen and oxygen atoms in total. The van der Waals surface area contributed by atoms with Gasteiger partial charge >= 0.3 is 24.1 Å². The fourth-order valence-corrected chi connectivity index (χ4v) is 0.214. The van der Waals surface area contributed by atoms with Crippen molar-refractivity contribution in [2.75, 3.05) is 0 Å². The minimum Gasteiger partial charge on any atom is -0.481 e. The van der Waals surface area contributed by atoms with E-state index in [4.69, 9.17) is 20.1 Å². The number of hydrogen-bond acceptors (Lipinski definition) is 3. The van der Waals surface area contributed by atoms with E-state index in [1.165, 1.54) is 0 Å². The Hall–Kier alpha value is -1.80. The monoisotopic (exact) mass is 232 g/mol. The van der Waals surface area contributed by atoms with Gasteiger partial charge in [0.15, 0.2) is 0 Å². The summed E-state index contributed by atoms with van der Waals surface area (Å²) in [5, 5.41) is 22.9. The number of hydrogen-bond donors (Lipinski definition) is 3. The molecule has 0 unspecified atom stereocenters. The lowest BCUT2D eigenvalue weighted by Gasteiger charge is -1.93. The summed E-state index contributed by atoms with van der Waals surface area (Å²) in [6, 6.07) is 0. The Labute approximate surface area is 80.9 Å². The van der Waals surface area contributed by atoms with Crippen LogP contribution < -0.4 is 0 Å². The van der Waals surface area contributed by atoms with Crippen molar-refractivity contribution in [2.45, 2.75) is 19.0 Å². The number of aliphatic carboxylic acids is 3. The van der Waals surface area contributed by atoms with Crippen LogP contribution in [-0.2, 0) is 14.4 Å². The van der Waals surface area contributed by atoms with Crippen LogP contribution in [0, 0.1) is 0 Å². The van der Waals surface area contributed by atoms with E-state index in [0.717, 1.165) is 0 Å². The largest absolute Gasteiger partial charge is 0.490 e. The molecule has 0 heterocycles. The zero-order chi connectivity index (χ0) is 12.6. The standard InChI is InChI=1S/C4H6O4.C2HF3O2/c5-3(6)1-2-4(7)8;3-2(4,5)1(6)7/h1-2H2,(H,5,6)(H,7,8);(H,6,7). The van der Waals surface area contributed by atoms with Crippen molar-refractivity contribution < 1.29 is 42.9 Å². The maximum absolute atomic E-state index is 10.6. The lowest BCUT2D eigenvalue weighted by atomic mass is 10.3. The van der Waals surface area contributed by atoms with Gasteiger partial charge in [-0.2, -0.15) is 13.2 Å². The summed E-state index contributed by atoms with van der Waals surface area (Å²) in [6.07, 6.45) is -5.68. The SMILES string of the molecule is O=C(O)C(F)(F)F.O=C(O)CCC(=O)O. The predicted molar refractivity (Wildman–Crippen MR) is 38.2 cm³/mol. The predicted octanol–water partition coefficient (Wildman–Crippen LogP) is 0.569. The zero-order valence-corrected chi connectivity index (χ0v) is 7.11. The molecular weight excluding hydrogens is 225 g/mol. The molecule has 0 radical (unpaired) electrons. The first kappa shape index (κ1) is 15.7. The Balaban J connectivity index is 0. The van der Waals surface area contributed by atoms with Crippen molar-refractivity contribution in [3.63, 3.8) is 0 Å². The van der Waals surface area contributed by atoms with Crippen molar-refractivity contribution in [1.29, 1.82) is 0 Å². The molecule has 0 spiro atoms. The topological polar surface area (TPSA) is 112 Å². The molecule has 0 bridgehead atoms. The van der Waals surface area contributed by atoms with Crippen LogP contribution in [-0.4, -0.2) is 39.4 Å². The summed E-state index contributed by atoms with van der Waals surface area (Å²) < 4.78 is 31.7. The fraction of sp³-hybridized carbons (Fsp3) is 0.500. The minimum absolute atomic E-state index is 0.296. The minimum atomic E-state index is -5.08. The molecule has 0 aliphatic rings. The van der Waals surface area contributed by atoms with E-state index in [1.807, 2.05) is 0 Å². The molecule has 0 aromatic rings. The quantitative estimate of drug-likeness (QED) is 0.655. The highest BCUT2D eigenvalue weighted by molar-refractivity contribution is 5.75. The molecule has 0 saturated heterocycles. The van der Waals surface area contributed by atoms with E-state index < -0.39 is 24.1 Å². The summed E-state index contributed by atoms with van der Waals surface area (Å²) in [6.45, 7) is 0. The number of rotatable bonds is 3. The van der Waals surface area contributed by atoms with Gasteiger partial charge in [-0.05, 0) is 0 Å². The maximum atomic E-state index is 10.6. The van der Waals surface area contributed by atoms with E-state index >= 15 is 0 Å². The van der Waals surface area contributed by atoms with E-state index in [9.17, 15) is 22.8 Å². The van der Waals surface area contributed by atoms with Gasteiger partial charge in [0, 0.05) is 0 Å². The molecule has 0 aliphatic heterocycles. The first-order chi connectivity index (χ1) is 6.57. The highest BCUT2D eigenvalue weighted by Crippen LogP contribution is 2.13. The Bertz CT molecular complexity index is 232. The normalized spacial score (nSPS) is 9.80. The first-order valence-electron chi connectivity index (χ1n) is 3.31. The Morgan fingerprint density at radius 1 is 0.867 bits per heavy atom. The van der Waals surface area contributed by atoms with Crippen LogP contribution in [0.15, 0.2) is 0 Å². The summed E-state index contributed by atoms with van der Waals surface area (Å²) in [4.78, 5) is 28.2. The van der Waals surface area contributed by atoms with Crippen LogP contribution in [0.1, 0.15) is 12.8 Å². The Kier molecular flexibility index (Phi) is 6.92. The van der Waals surface area contributed by atoms with Crippen LogP contribution >= 0.6 is 0 Å². The van der Waals surface area contributed by atoms with Crippen molar-refractivity contribution in [3.05, 3.63) is 0 Å². The highest BCUT2D eigenvalue weighted by atomic mass is 19.4. The number of carboxylic acids is 3. The molecule has 3 N–H and O–H groups in total. The average molecular weight is 232 g/mol. The molecule has 0 fully saturated rings. The molecule has 15 heavy (non-hydrogen) atoms. The van der Waals surface area contributed by atoms with Crippen LogP contribution in [0.2, 0.25) is 0 Å². The maximum Gasteiger partial charge on any atom is 0.490 e. The van der Waals surface area contributed by atoms with Crippen LogP contribution in [0.3, 0.4) is 0 Å². The van der Waals surface area contributed by atoms with Crippen LogP contribution in [0.25, 0.3) is 0 Å². The van der Waals surface area contributed by atoms with E-state index in [1.54, 1.807) is 0 Å². The number of halogens is 3. The summed E-state index contributed by atoms with van der Waals surface area (Å²) in [5.74, 6) is -4.91. The van der Waals surface area contributed by atoms with Gasteiger partial charge in [-0.15, -0.1) is 0 Å². The Morgan fingerprint density at radius 2 is 1.07 bits per heavy atom. The molecule has 88 valence electrons. The lowest BCUT2D eigenvalue weighted by molar-refractivity contribution is -0.192. The second-order valence-corrected chi connectivity index (χ2v) is 2.09. The van der Waals surface area contributed by atoms with Gasteiger partial charge in [0.1, 0.15) is 0 Å². The summed E-state index contributed by atoms with van der Waals surface area (Å²) in [7, 11) is 0. The van der Waals surface area contributed by atoms with Gasteiger partial charge in [-0.25, -0.2) is 4.79 Å². The molecule has 0 rings (SSSR count). The molecular formula is C6H7F3O6. The average Bonchev–Trinajstić information content (AvgIpc) is 2.00. The zero-order valence-electron chi connectivity index (χ0n) is 7.11. The van der Waals surface area contributed by atoms with Crippen LogP contribution in [0.4, 0.5) is 13.2 Å². The summed E-state index contributed by atoms with van der Waals surface area (Å²) in [5.41, 5.74) is 0. The molecule has 0 aromatic heterocycles. The van der Waals surface area contributed by atoms with Gasteiger partial charge in [-0.1, -0.05) is 0 Å². The van der Waals surface area contributed by atoms with E-state index in [-0.39, 0.29) is 12.8 Å². The van der Waals surface area contributed by atoms with Crippen LogP contribution in [0.5, 0.6) is 0 Å². The number of alkyl halides is 3. The fourth-order valence-electron chi connectivity index (χ4n) is 0.214. The molecule has 0 amide bonds. The summed E-state index contributed by atoms with van der Waals surface area (Å²) >= 11 is 0. The third-order valence-electron chi connectivity index (χ3n) is 0.795. The highest BCUT2D eigenvalue weighted by Gasteiger charge is 2.38. The van der Waals surface area contributed by atoms with E-state index in [2.05, 4.69) is 0 Å². The van der Waals surface area contributed by atoms with Gasteiger partial charge in [-0.3, -0.25) is 9.59 Å². The lowest BCUT2D eigenvalue weighted by Crippen LogP contribution is -2.21. The second-order valence-electron chi connectivity index (χ2n) is 2.09. The van der Waals surface area contributed by atoms with Gasteiger partial charge < -0.3 is 15.3 Å². The molecule has 9 heteroatoms. The molecule has 0 saturated carbocycles. The van der Waals surface area contributed by atoms with Gasteiger partial charge in [0.05, 0.1) is 12.8 Å². The first-order valence-corrected chi connectivity index (χ1v) is 3.31. The second kappa shape index (κ2) is 6.62. The van der Waals surface area contributed by atoms with Crippen molar-refractivity contribution in [1.82, 2.24) is 0 Å². The molecule has 0 aromatic carbocycles. The smallest absolute Gasteiger partial charge is 0.481 e. The third-order valence-corrected chi connectivity index (χ3v) is 0.795. The Morgan fingerprint density at radius 3 is 1.13 bits per heavy atom. The molecule has 0 atom stereocenters. The molecule has 0 aliphatic carbocycles. The number of carbonyl (C=O) groups is 3. The van der Waals surface area contributed by atoms with E-state index in [0.29, 0.717) is 0 Å². The van der Waals surface area contributed by atoms with Gasteiger partial charge in [0.25, 0.3) is 0 Å². The third kappa shape index (κ3) is 15.0.